The lowest BCUT2D eigenvalue weighted by Crippen LogP contribution is -2.06. The summed E-state index contributed by atoms with van der Waals surface area (Å²) in [6, 6.07) is 11.1. The van der Waals surface area contributed by atoms with Gasteiger partial charge < -0.3 is 9.47 Å². The van der Waals surface area contributed by atoms with E-state index in [1.807, 2.05) is 24.3 Å². The summed E-state index contributed by atoms with van der Waals surface area (Å²) in [5, 5.41) is 0. The van der Waals surface area contributed by atoms with Gasteiger partial charge in [0, 0.05) is 12.6 Å². The third-order valence-corrected chi connectivity index (χ3v) is 3.30. The molecule has 0 atom stereocenters. The molecule has 0 fully saturated rings. The first kappa shape index (κ1) is 16.0. The third-order valence-electron chi connectivity index (χ3n) is 3.30. The molecule has 0 saturated carbocycles. The number of benzene rings is 1. The summed E-state index contributed by atoms with van der Waals surface area (Å²) in [4.78, 5) is 16.3. The highest BCUT2D eigenvalue weighted by atomic mass is 16.5. The van der Waals surface area contributed by atoms with Gasteiger partial charge in [0.15, 0.2) is 17.3 Å². The number of carbonyl (C=O) groups is 1. The smallest absolute Gasteiger partial charge is 0.181 e. The quantitative estimate of drug-likeness (QED) is 0.697. The highest BCUT2D eigenvalue weighted by molar-refractivity contribution is 5.94. The molecule has 0 spiro atoms. The van der Waals surface area contributed by atoms with Gasteiger partial charge in [-0.15, -0.1) is 0 Å². The lowest BCUT2D eigenvalue weighted by molar-refractivity contribution is 0.0978. The summed E-state index contributed by atoms with van der Waals surface area (Å²) < 4.78 is 11.1. The third kappa shape index (κ3) is 4.07. The zero-order chi connectivity index (χ0) is 15.8. The van der Waals surface area contributed by atoms with Crippen LogP contribution in [0.25, 0.3) is 0 Å². The maximum absolute atomic E-state index is 12.2. The van der Waals surface area contributed by atoms with E-state index in [-0.39, 0.29) is 5.78 Å². The minimum Gasteiger partial charge on any atom is -0.493 e. The molecule has 2 rings (SSSR count). The van der Waals surface area contributed by atoms with E-state index in [1.54, 1.807) is 25.4 Å². The molecule has 4 nitrogen and oxygen atoms in total. The standard InChI is InChI=1S/C18H21NO3/c1-3-13-22-18-14(7-6-9-17(18)21-2)10-11-16(20)15-8-4-5-12-19-15/h4-9,12H,3,10-11,13H2,1-2H3. The van der Waals surface area contributed by atoms with Crippen LogP contribution >= 0.6 is 0 Å². The second-order valence-electron chi connectivity index (χ2n) is 4.94. The molecule has 1 heterocycles. The molecule has 116 valence electrons. The Labute approximate surface area is 131 Å². The summed E-state index contributed by atoms with van der Waals surface area (Å²) in [5.74, 6) is 1.47. The number of pyridine rings is 1. The number of methoxy groups -OCH3 is 1. The molecule has 0 unspecified atom stereocenters. The Morgan fingerprint density at radius 3 is 2.73 bits per heavy atom. The Hall–Kier alpha value is -2.36. The molecular weight excluding hydrogens is 278 g/mol. The Kier molecular flexibility index (Phi) is 5.95. The van der Waals surface area contributed by atoms with Gasteiger partial charge in [-0.3, -0.25) is 9.78 Å². The largest absolute Gasteiger partial charge is 0.493 e. The van der Waals surface area contributed by atoms with E-state index in [0.29, 0.717) is 30.9 Å². The van der Waals surface area contributed by atoms with Crippen molar-refractivity contribution < 1.29 is 14.3 Å². The van der Waals surface area contributed by atoms with E-state index in [2.05, 4.69) is 11.9 Å². The van der Waals surface area contributed by atoms with Crippen LogP contribution < -0.4 is 9.47 Å². The number of para-hydroxylation sites is 1. The topological polar surface area (TPSA) is 48.4 Å². The van der Waals surface area contributed by atoms with E-state index in [9.17, 15) is 4.79 Å². The van der Waals surface area contributed by atoms with Crippen LogP contribution in [-0.2, 0) is 6.42 Å². The van der Waals surface area contributed by atoms with Crippen molar-refractivity contribution in [3.05, 3.63) is 53.9 Å². The molecule has 1 aromatic heterocycles. The predicted octanol–water partition coefficient (Wildman–Crippen LogP) is 3.69. The number of aromatic nitrogens is 1. The summed E-state index contributed by atoms with van der Waals surface area (Å²) in [6.07, 6.45) is 3.55. The molecule has 0 bridgehead atoms. The van der Waals surface area contributed by atoms with Gasteiger partial charge in [-0.25, -0.2) is 0 Å². The number of Topliss-reactive ketones (excluding diaryl/α,β-unsaturated/α-hetero) is 1. The maximum Gasteiger partial charge on any atom is 0.181 e. The summed E-state index contributed by atoms with van der Waals surface area (Å²) in [6.45, 7) is 2.68. The minimum atomic E-state index is 0.0323. The molecule has 0 aliphatic heterocycles. The minimum absolute atomic E-state index is 0.0323. The fraction of sp³-hybridized carbons (Fsp3) is 0.333. The highest BCUT2D eigenvalue weighted by Gasteiger charge is 2.13. The Morgan fingerprint density at radius 2 is 2.05 bits per heavy atom. The van der Waals surface area contributed by atoms with Crippen LogP contribution in [0.4, 0.5) is 0 Å². The van der Waals surface area contributed by atoms with Crippen molar-refractivity contribution in [3.63, 3.8) is 0 Å². The van der Waals surface area contributed by atoms with E-state index < -0.39 is 0 Å². The van der Waals surface area contributed by atoms with Gasteiger partial charge in [0.25, 0.3) is 0 Å². The maximum atomic E-state index is 12.2. The summed E-state index contributed by atoms with van der Waals surface area (Å²) >= 11 is 0. The van der Waals surface area contributed by atoms with E-state index in [0.717, 1.165) is 17.7 Å². The van der Waals surface area contributed by atoms with Crippen molar-refractivity contribution >= 4 is 5.78 Å². The van der Waals surface area contributed by atoms with E-state index >= 15 is 0 Å². The van der Waals surface area contributed by atoms with Crippen LogP contribution in [0.2, 0.25) is 0 Å². The zero-order valence-corrected chi connectivity index (χ0v) is 13.0. The van der Waals surface area contributed by atoms with Crippen LogP contribution in [0.5, 0.6) is 11.5 Å². The fourth-order valence-electron chi connectivity index (χ4n) is 2.19. The van der Waals surface area contributed by atoms with Crippen molar-refractivity contribution in [2.45, 2.75) is 26.2 Å². The molecule has 1 aromatic carbocycles. The molecule has 0 N–H and O–H groups in total. The lowest BCUT2D eigenvalue weighted by Gasteiger charge is -2.14. The first-order chi connectivity index (χ1) is 10.8. The molecule has 0 aliphatic rings. The predicted molar refractivity (Wildman–Crippen MR) is 85.7 cm³/mol. The van der Waals surface area contributed by atoms with Gasteiger partial charge in [0.05, 0.1) is 13.7 Å². The normalized spacial score (nSPS) is 10.3. The highest BCUT2D eigenvalue weighted by Crippen LogP contribution is 2.32. The average Bonchev–Trinajstić information content (AvgIpc) is 2.58. The summed E-state index contributed by atoms with van der Waals surface area (Å²) in [5.41, 5.74) is 1.48. The van der Waals surface area contributed by atoms with Crippen LogP contribution in [-0.4, -0.2) is 24.5 Å². The Balaban J connectivity index is 2.10. The number of ketones is 1. The average molecular weight is 299 g/mol. The molecule has 22 heavy (non-hydrogen) atoms. The molecule has 0 aliphatic carbocycles. The van der Waals surface area contributed by atoms with Gasteiger partial charge in [0.1, 0.15) is 5.69 Å². The van der Waals surface area contributed by atoms with Crippen molar-refractivity contribution in [2.24, 2.45) is 0 Å². The Bertz CT molecular complexity index is 611. The van der Waals surface area contributed by atoms with Gasteiger partial charge >= 0.3 is 0 Å². The van der Waals surface area contributed by atoms with Gasteiger partial charge in [-0.2, -0.15) is 0 Å². The number of hydrogen-bond acceptors (Lipinski definition) is 4. The monoisotopic (exact) mass is 299 g/mol. The van der Waals surface area contributed by atoms with E-state index in [1.165, 1.54) is 0 Å². The molecule has 4 heteroatoms. The Morgan fingerprint density at radius 1 is 1.18 bits per heavy atom. The number of aryl methyl sites for hydroxylation is 1. The molecule has 2 aromatic rings. The number of hydrogen-bond donors (Lipinski definition) is 0. The van der Waals surface area contributed by atoms with Crippen LogP contribution in [0, 0.1) is 0 Å². The molecular formula is C18H21NO3. The summed E-state index contributed by atoms with van der Waals surface area (Å²) in [7, 11) is 1.62. The second-order valence-corrected chi connectivity index (χ2v) is 4.94. The SMILES string of the molecule is CCCOc1c(CCC(=O)c2ccccn2)cccc1OC. The number of rotatable bonds is 8. The number of carbonyl (C=O) groups excluding carboxylic acids is 1. The van der Waals surface area contributed by atoms with Crippen LogP contribution in [0.15, 0.2) is 42.6 Å². The van der Waals surface area contributed by atoms with Crippen LogP contribution in [0.3, 0.4) is 0 Å². The fourth-order valence-corrected chi connectivity index (χ4v) is 2.19. The second kappa shape index (κ2) is 8.17. The molecule has 0 radical (unpaired) electrons. The molecule has 0 saturated heterocycles. The first-order valence-electron chi connectivity index (χ1n) is 7.49. The van der Waals surface area contributed by atoms with Crippen molar-refractivity contribution in [1.82, 2.24) is 4.98 Å². The van der Waals surface area contributed by atoms with Gasteiger partial charge in [-0.1, -0.05) is 25.1 Å². The molecule has 0 amide bonds. The zero-order valence-electron chi connectivity index (χ0n) is 13.0. The van der Waals surface area contributed by atoms with Crippen molar-refractivity contribution in [1.29, 1.82) is 0 Å². The van der Waals surface area contributed by atoms with E-state index in [4.69, 9.17) is 9.47 Å². The van der Waals surface area contributed by atoms with Crippen LogP contribution in [0.1, 0.15) is 35.8 Å². The van der Waals surface area contributed by atoms with Crippen molar-refractivity contribution in [2.75, 3.05) is 13.7 Å². The van der Waals surface area contributed by atoms with Crippen molar-refractivity contribution in [3.8, 4) is 11.5 Å². The first-order valence-corrected chi connectivity index (χ1v) is 7.49. The number of ether oxygens (including phenoxy) is 2. The lowest BCUT2D eigenvalue weighted by atomic mass is 10.0. The van der Waals surface area contributed by atoms with Gasteiger partial charge in [0.2, 0.25) is 0 Å². The number of nitrogens with zero attached hydrogens (tertiary/aromatic N) is 1. The van der Waals surface area contributed by atoms with Gasteiger partial charge in [-0.05, 0) is 36.6 Å².